The van der Waals surface area contributed by atoms with E-state index in [0.717, 1.165) is 5.69 Å². The zero-order chi connectivity index (χ0) is 11.4. The van der Waals surface area contributed by atoms with Crippen LogP contribution in [0.3, 0.4) is 0 Å². The molecule has 5 heteroatoms. The third kappa shape index (κ3) is 3.21. The van der Waals surface area contributed by atoms with E-state index in [1.54, 1.807) is 19.9 Å². The lowest BCUT2D eigenvalue weighted by Crippen LogP contribution is -2.17. The van der Waals surface area contributed by atoms with E-state index in [1.807, 2.05) is 0 Å². The Balaban J connectivity index is 2.92. The van der Waals surface area contributed by atoms with Gasteiger partial charge in [-0.05, 0) is 19.9 Å². The van der Waals surface area contributed by atoms with Crippen molar-refractivity contribution in [3.8, 4) is 0 Å². The van der Waals surface area contributed by atoms with Crippen molar-refractivity contribution in [1.29, 1.82) is 0 Å². The van der Waals surface area contributed by atoms with E-state index in [4.69, 9.17) is 10.2 Å². The minimum absolute atomic E-state index is 0.112. The van der Waals surface area contributed by atoms with Crippen molar-refractivity contribution in [2.24, 2.45) is 0 Å². The highest BCUT2D eigenvalue weighted by Crippen LogP contribution is 2.15. The van der Waals surface area contributed by atoms with Crippen LogP contribution in [0.4, 0.5) is 5.69 Å². The second kappa shape index (κ2) is 4.75. The summed E-state index contributed by atoms with van der Waals surface area (Å²) in [7, 11) is 0. The Morgan fingerprint density at radius 1 is 1.67 bits per heavy atom. The molecular formula is C10H14N2O3. The van der Waals surface area contributed by atoms with Gasteiger partial charge in [0.05, 0.1) is 11.8 Å². The number of carboxylic acids is 1. The fourth-order valence-electron chi connectivity index (χ4n) is 1.13. The summed E-state index contributed by atoms with van der Waals surface area (Å²) in [6, 6.07) is 1.64. The van der Waals surface area contributed by atoms with E-state index in [2.05, 4.69) is 10.3 Å². The lowest BCUT2D eigenvalue weighted by atomic mass is 10.2. The first-order valence-corrected chi connectivity index (χ1v) is 4.62. The molecule has 1 aromatic heterocycles. The number of aromatic nitrogens is 1. The summed E-state index contributed by atoms with van der Waals surface area (Å²) in [6.45, 7) is 3.71. The average molecular weight is 210 g/mol. The molecule has 0 saturated heterocycles. The number of aliphatic hydroxyl groups is 1. The number of carbonyl (C=O) groups is 1. The molecule has 5 nitrogen and oxygen atoms in total. The molecule has 0 radical (unpaired) electrons. The Kier molecular flexibility index (Phi) is 3.62. The number of aromatic carboxylic acids is 1. The van der Waals surface area contributed by atoms with Gasteiger partial charge in [0.15, 0.2) is 0 Å². The summed E-state index contributed by atoms with van der Waals surface area (Å²) < 4.78 is 0. The molecule has 0 bridgehead atoms. The van der Waals surface area contributed by atoms with E-state index in [-0.39, 0.29) is 5.56 Å². The highest BCUT2D eigenvalue weighted by Gasteiger charge is 2.10. The number of hydrogen-bond acceptors (Lipinski definition) is 4. The van der Waals surface area contributed by atoms with Crippen molar-refractivity contribution in [3.05, 3.63) is 23.5 Å². The fourth-order valence-corrected chi connectivity index (χ4v) is 1.13. The third-order valence-electron chi connectivity index (χ3n) is 1.86. The van der Waals surface area contributed by atoms with Gasteiger partial charge < -0.3 is 15.5 Å². The Morgan fingerprint density at radius 2 is 2.33 bits per heavy atom. The van der Waals surface area contributed by atoms with E-state index < -0.39 is 12.1 Å². The quantitative estimate of drug-likeness (QED) is 0.687. The van der Waals surface area contributed by atoms with Gasteiger partial charge in [0.1, 0.15) is 5.56 Å². The number of nitrogens with zero attached hydrogens (tertiary/aromatic N) is 1. The molecule has 1 atom stereocenters. The molecule has 0 aliphatic heterocycles. The Bertz CT molecular complexity index is 364. The number of rotatable bonds is 4. The van der Waals surface area contributed by atoms with E-state index in [0.29, 0.717) is 12.2 Å². The summed E-state index contributed by atoms with van der Waals surface area (Å²) in [4.78, 5) is 14.7. The van der Waals surface area contributed by atoms with Crippen molar-refractivity contribution in [2.45, 2.75) is 20.0 Å². The van der Waals surface area contributed by atoms with Gasteiger partial charge in [-0.2, -0.15) is 0 Å². The number of carboxylic acid groups (broad SMARTS) is 1. The van der Waals surface area contributed by atoms with Crippen LogP contribution in [0.15, 0.2) is 12.3 Å². The predicted octanol–water partition coefficient (Wildman–Crippen LogP) is 0.881. The van der Waals surface area contributed by atoms with E-state index in [9.17, 15) is 4.79 Å². The SMILES string of the molecule is Cc1cc(NCC(C)O)c(C(=O)O)cn1. The molecule has 1 rings (SSSR count). The van der Waals surface area contributed by atoms with E-state index >= 15 is 0 Å². The molecule has 3 N–H and O–H groups in total. The number of nitrogens with one attached hydrogen (secondary N) is 1. The molecular weight excluding hydrogens is 196 g/mol. The molecule has 82 valence electrons. The minimum atomic E-state index is -1.03. The van der Waals surface area contributed by atoms with Gasteiger partial charge in [0.2, 0.25) is 0 Å². The lowest BCUT2D eigenvalue weighted by molar-refractivity contribution is 0.0697. The first-order valence-electron chi connectivity index (χ1n) is 4.62. The van der Waals surface area contributed by atoms with Crippen LogP contribution in [0.2, 0.25) is 0 Å². The fraction of sp³-hybridized carbons (Fsp3) is 0.400. The van der Waals surface area contributed by atoms with Crippen molar-refractivity contribution in [2.75, 3.05) is 11.9 Å². The summed E-state index contributed by atoms with van der Waals surface area (Å²) in [5.74, 6) is -1.03. The number of pyridine rings is 1. The molecule has 0 aromatic carbocycles. The highest BCUT2D eigenvalue weighted by molar-refractivity contribution is 5.93. The molecule has 0 saturated carbocycles. The van der Waals surface area contributed by atoms with Crippen LogP contribution in [0.1, 0.15) is 23.0 Å². The number of aliphatic hydroxyl groups excluding tert-OH is 1. The number of anilines is 1. The van der Waals surface area contributed by atoms with Gasteiger partial charge in [-0.3, -0.25) is 4.98 Å². The first-order chi connectivity index (χ1) is 7.00. The summed E-state index contributed by atoms with van der Waals surface area (Å²) in [5.41, 5.74) is 1.32. The molecule has 0 spiro atoms. The number of aryl methyl sites for hydroxylation is 1. The number of hydrogen-bond donors (Lipinski definition) is 3. The van der Waals surface area contributed by atoms with Gasteiger partial charge in [-0.25, -0.2) is 4.79 Å². The monoisotopic (exact) mass is 210 g/mol. The third-order valence-corrected chi connectivity index (χ3v) is 1.86. The minimum Gasteiger partial charge on any atom is -0.478 e. The van der Waals surface area contributed by atoms with Gasteiger partial charge in [-0.15, -0.1) is 0 Å². The molecule has 15 heavy (non-hydrogen) atoms. The Hall–Kier alpha value is -1.62. The van der Waals surface area contributed by atoms with Crippen LogP contribution < -0.4 is 5.32 Å². The Morgan fingerprint density at radius 3 is 2.87 bits per heavy atom. The molecule has 1 unspecified atom stereocenters. The van der Waals surface area contributed by atoms with Crippen LogP contribution in [0.25, 0.3) is 0 Å². The van der Waals surface area contributed by atoms with Gasteiger partial charge in [0.25, 0.3) is 0 Å². The molecule has 0 aliphatic rings. The maximum atomic E-state index is 10.8. The normalized spacial score (nSPS) is 12.2. The average Bonchev–Trinajstić information content (AvgIpc) is 2.14. The summed E-state index contributed by atoms with van der Waals surface area (Å²) >= 11 is 0. The summed E-state index contributed by atoms with van der Waals surface area (Å²) in [5, 5.41) is 20.8. The lowest BCUT2D eigenvalue weighted by Gasteiger charge is -2.11. The van der Waals surface area contributed by atoms with Crippen LogP contribution in [0.5, 0.6) is 0 Å². The molecule has 1 heterocycles. The smallest absolute Gasteiger partial charge is 0.339 e. The molecule has 0 fully saturated rings. The topological polar surface area (TPSA) is 82.5 Å². The standard InChI is InChI=1S/C10H14N2O3/c1-6-3-9(12-4-7(2)13)8(5-11-6)10(14)15/h3,5,7,13H,4H2,1-2H3,(H,11,12)(H,14,15). The van der Waals surface area contributed by atoms with Crippen molar-refractivity contribution in [1.82, 2.24) is 4.98 Å². The van der Waals surface area contributed by atoms with Crippen LogP contribution >= 0.6 is 0 Å². The predicted molar refractivity (Wildman–Crippen MR) is 56.1 cm³/mol. The van der Waals surface area contributed by atoms with E-state index in [1.165, 1.54) is 6.20 Å². The second-order valence-electron chi connectivity index (χ2n) is 3.41. The van der Waals surface area contributed by atoms with Gasteiger partial charge in [0, 0.05) is 18.4 Å². The summed E-state index contributed by atoms with van der Waals surface area (Å²) in [6.07, 6.45) is 0.780. The van der Waals surface area contributed by atoms with Gasteiger partial charge in [-0.1, -0.05) is 0 Å². The van der Waals surface area contributed by atoms with Gasteiger partial charge >= 0.3 is 5.97 Å². The zero-order valence-electron chi connectivity index (χ0n) is 8.69. The molecule has 0 amide bonds. The maximum Gasteiger partial charge on any atom is 0.339 e. The Labute approximate surface area is 87.8 Å². The zero-order valence-corrected chi connectivity index (χ0v) is 8.69. The van der Waals surface area contributed by atoms with Crippen molar-refractivity contribution in [3.63, 3.8) is 0 Å². The largest absolute Gasteiger partial charge is 0.478 e. The second-order valence-corrected chi connectivity index (χ2v) is 3.41. The molecule has 1 aromatic rings. The van der Waals surface area contributed by atoms with Crippen LogP contribution in [0, 0.1) is 6.92 Å². The van der Waals surface area contributed by atoms with Crippen molar-refractivity contribution >= 4 is 11.7 Å². The highest BCUT2D eigenvalue weighted by atomic mass is 16.4. The molecule has 0 aliphatic carbocycles. The first kappa shape index (κ1) is 11.5. The maximum absolute atomic E-state index is 10.8. The van der Waals surface area contributed by atoms with Crippen molar-refractivity contribution < 1.29 is 15.0 Å². The van der Waals surface area contributed by atoms with Crippen LogP contribution in [-0.2, 0) is 0 Å². The van der Waals surface area contributed by atoms with Crippen LogP contribution in [-0.4, -0.2) is 33.8 Å².